The van der Waals surface area contributed by atoms with Gasteiger partial charge in [0.15, 0.2) is 11.5 Å². The number of carbonyl (C=O) groups is 1. The molecule has 0 N–H and O–H groups in total. The number of nitrogens with zero attached hydrogens (tertiary/aromatic N) is 1. The molecule has 0 unspecified atom stereocenters. The average molecular weight is 422 g/mol. The van der Waals surface area contributed by atoms with Gasteiger partial charge in [-0.25, -0.2) is 9.10 Å². The Bertz CT molecular complexity index is 822. The SMILES string of the molecule is Cc1cc(Br)ccc1SN(C)C(=O)Oc1cccc2c1OC(C)(C)C2. The van der Waals surface area contributed by atoms with Gasteiger partial charge in [-0.3, -0.25) is 0 Å². The van der Waals surface area contributed by atoms with Crippen LogP contribution in [0, 0.1) is 6.92 Å². The fourth-order valence-electron chi connectivity index (χ4n) is 2.73. The monoisotopic (exact) mass is 421 g/mol. The number of ether oxygens (including phenoxy) is 2. The zero-order chi connectivity index (χ0) is 18.2. The zero-order valence-electron chi connectivity index (χ0n) is 14.6. The topological polar surface area (TPSA) is 38.8 Å². The van der Waals surface area contributed by atoms with Crippen LogP contribution in [0.4, 0.5) is 4.79 Å². The second kappa shape index (κ2) is 6.92. The average Bonchev–Trinajstić information content (AvgIpc) is 2.85. The number of aryl methyl sites for hydroxylation is 1. The Morgan fingerprint density at radius 3 is 2.80 bits per heavy atom. The third-order valence-electron chi connectivity index (χ3n) is 3.88. The normalized spacial score (nSPS) is 14.6. The number of fused-ring (bicyclic) bond motifs is 1. The highest BCUT2D eigenvalue weighted by molar-refractivity contribution is 9.10. The number of para-hydroxylation sites is 1. The molecule has 4 nitrogen and oxygen atoms in total. The van der Waals surface area contributed by atoms with Crippen LogP contribution in [0.5, 0.6) is 11.5 Å². The highest BCUT2D eigenvalue weighted by Gasteiger charge is 2.33. The van der Waals surface area contributed by atoms with E-state index in [-0.39, 0.29) is 5.60 Å². The van der Waals surface area contributed by atoms with Crippen LogP contribution in [0.1, 0.15) is 25.0 Å². The molecule has 3 rings (SSSR count). The summed E-state index contributed by atoms with van der Waals surface area (Å²) >= 11 is 4.78. The van der Waals surface area contributed by atoms with Gasteiger partial charge in [0.05, 0.1) is 0 Å². The first-order valence-corrected chi connectivity index (χ1v) is 9.52. The van der Waals surface area contributed by atoms with Crippen LogP contribution in [0.15, 0.2) is 45.8 Å². The molecule has 0 aliphatic carbocycles. The molecule has 0 fully saturated rings. The highest BCUT2D eigenvalue weighted by atomic mass is 79.9. The first kappa shape index (κ1) is 18.1. The Labute approximate surface area is 160 Å². The number of hydrogen-bond donors (Lipinski definition) is 0. The summed E-state index contributed by atoms with van der Waals surface area (Å²) in [4.78, 5) is 13.5. The Morgan fingerprint density at radius 1 is 1.32 bits per heavy atom. The molecule has 1 aliphatic rings. The fraction of sp³-hybridized carbons (Fsp3) is 0.316. The van der Waals surface area contributed by atoms with Crippen molar-refractivity contribution in [3.63, 3.8) is 0 Å². The van der Waals surface area contributed by atoms with Crippen molar-refractivity contribution in [2.45, 2.75) is 37.7 Å². The first-order valence-electron chi connectivity index (χ1n) is 7.96. The van der Waals surface area contributed by atoms with Crippen LogP contribution in [-0.4, -0.2) is 23.0 Å². The van der Waals surface area contributed by atoms with E-state index in [0.29, 0.717) is 11.5 Å². The summed E-state index contributed by atoms with van der Waals surface area (Å²) in [7, 11) is 1.70. The van der Waals surface area contributed by atoms with Gasteiger partial charge in [-0.15, -0.1) is 0 Å². The van der Waals surface area contributed by atoms with E-state index in [1.807, 2.05) is 51.1 Å². The molecule has 0 bridgehead atoms. The van der Waals surface area contributed by atoms with Crippen LogP contribution in [0.2, 0.25) is 0 Å². The quantitative estimate of drug-likeness (QED) is 0.603. The standard InChI is InChI=1S/C19H20BrNO3S/c1-12-10-14(20)8-9-16(12)25-21(4)18(22)23-15-7-5-6-13-11-19(2,3)24-17(13)15/h5-10H,11H2,1-4H3. The number of rotatable bonds is 3. The van der Waals surface area contributed by atoms with E-state index in [1.54, 1.807) is 13.1 Å². The molecule has 6 heteroatoms. The molecule has 0 saturated heterocycles. The molecule has 0 radical (unpaired) electrons. The van der Waals surface area contributed by atoms with Gasteiger partial charge in [-0.1, -0.05) is 28.1 Å². The summed E-state index contributed by atoms with van der Waals surface area (Å²) in [6.07, 6.45) is 0.366. The van der Waals surface area contributed by atoms with E-state index in [9.17, 15) is 4.79 Å². The second-order valence-corrected chi connectivity index (χ2v) is 8.74. The van der Waals surface area contributed by atoms with Gasteiger partial charge in [-0.2, -0.15) is 0 Å². The first-order chi connectivity index (χ1) is 11.7. The fourth-order valence-corrected chi connectivity index (χ4v) is 3.94. The van der Waals surface area contributed by atoms with Crippen LogP contribution >= 0.6 is 27.9 Å². The summed E-state index contributed by atoms with van der Waals surface area (Å²) < 4.78 is 14.0. The Hall–Kier alpha value is -1.66. The van der Waals surface area contributed by atoms with Crippen molar-refractivity contribution in [2.75, 3.05) is 7.05 Å². The molecule has 0 spiro atoms. The number of halogens is 1. The number of hydrogen-bond acceptors (Lipinski definition) is 4. The lowest BCUT2D eigenvalue weighted by Gasteiger charge is -2.19. The molecule has 1 heterocycles. The molecule has 0 aromatic heterocycles. The van der Waals surface area contributed by atoms with Gasteiger partial charge >= 0.3 is 6.09 Å². The molecule has 25 heavy (non-hydrogen) atoms. The van der Waals surface area contributed by atoms with Crippen molar-refractivity contribution >= 4 is 34.0 Å². The maximum absolute atomic E-state index is 12.5. The molecule has 2 aromatic rings. The van der Waals surface area contributed by atoms with Crippen molar-refractivity contribution in [1.82, 2.24) is 4.31 Å². The number of amides is 1. The van der Waals surface area contributed by atoms with Gasteiger partial charge in [0.1, 0.15) is 5.60 Å². The Balaban J connectivity index is 1.72. The van der Waals surface area contributed by atoms with Gasteiger partial charge in [-0.05, 0) is 62.5 Å². The maximum Gasteiger partial charge on any atom is 0.425 e. The predicted molar refractivity (Wildman–Crippen MR) is 103 cm³/mol. The lowest BCUT2D eigenvalue weighted by molar-refractivity contribution is 0.132. The van der Waals surface area contributed by atoms with Gasteiger partial charge in [0.2, 0.25) is 0 Å². The van der Waals surface area contributed by atoms with Crippen molar-refractivity contribution < 1.29 is 14.3 Å². The van der Waals surface area contributed by atoms with Crippen LogP contribution in [0.25, 0.3) is 0 Å². The van der Waals surface area contributed by atoms with Crippen molar-refractivity contribution in [3.05, 3.63) is 52.0 Å². The molecule has 0 atom stereocenters. The molecule has 132 valence electrons. The summed E-state index contributed by atoms with van der Waals surface area (Å²) in [5.41, 5.74) is 1.87. The Morgan fingerprint density at radius 2 is 2.08 bits per heavy atom. The molecule has 0 saturated carbocycles. The minimum atomic E-state index is -0.436. The van der Waals surface area contributed by atoms with E-state index in [4.69, 9.17) is 9.47 Å². The van der Waals surface area contributed by atoms with Crippen LogP contribution in [-0.2, 0) is 6.42 Å². The number of carbonyl (C=O) groups excluding carboxylic acids is 1. The van der Waals surface area contributed by atoms with Crippen LogP contribution < -0.4 is 9.47 Å². The summed E-state index contributed by atoms with van der Waals surface area (Å²) in [6.45, 7) is 6.06. The van der Waals surface area contributed by atoms with Crippen molar-refractivity contribution in [1.29, 1.82) is 0 Å². The highest BCUT2D eigenvalue weighted by Crippen LogP contribution is 2.42. The summed E-state index contributed by atoms with van der Waals surface area (Å²) in [6, 6.07) is 11.6. The van der Waals surface area contributed by atoms with E-state index in [1.165, 1.54) is 16.3 Å². The predicted octanol–water partition coefficient (Wildman–Crippen LogP) is 5.61. The number of benzene rings is 2. The minimum Gasteiger partial charge on any atom is -0.483 e. The summed E-state index contributed by atoms with van der Waals surface area (Å²) in [5.74, 6) is 1.13. The second-order valence-electron chi connectivity index (χ2n) is 6.65. The van der Waals surface area contributed by atoms with E-state index >= 15 is 0 Å². The smallest absolute Gasteiger partial charge is 0.425 e. The largest absolute Gasteiger partial charge is 0.483 e. The third kappa shape index (κ3) is 4.12. The Kier molecular flexibility index (Phi) is 5.02. The minimum absolute atomic E-state index is 0.278. The van der Waals surface area contributed by atoms with Crippen molar-refractivity contribution in [2.24, 2.45) is 0 Å². The zero-order valence-corrected chi connectivity index (χ0v) is 17.0. The molecular weight excluding hydrogens is 402 g/mol. The molecule has 1 aliphatic heterocycles. The maximum atomic E-state index is 12.5. The van der Waals surface area contributed by atoms with E-state index in [0.717, 1.165) is 26.9 Å². The molecular formula is C19H20BrNO3S. The van der Waals surface area contributed by atoms with E-state index in [2.05, 4.69) is 15.9 Å². The lowest BCUT2D eigenvalue weighted by Crippen LogP contribution is -2.25. The third-order valence-corrected chi connectivity index (χ3v) is 5.45. The summed E-state index contributed by atoms with van der Waals surface area (Å²) in [5, 5.41) is 0. The lowest BCUT2D eigenvalue weighted by atomic mass is 10.0. The van der Waals surface area contributed by atoms with Crippen molar-refractivity contribution in [3.8, 4) is 11.5 Å². The molecule has 1 amide bonds. The van der Waals surface area contributed by atoms with Gasteiger partial charge in [0, 0.05) is 28.4 Å². The van der Waals surface area contributed by atoms with E-state index < -0.39 is 6.09 Å². The van der Waals surface area contributed by atoms with Gasteiger partial charge in [0.25, 0.3) is 0 Å². The van der Waals surface area contributed by atoms with Gasteiger partial charge < -0.3 is 9.47 Å². The molecule has 2 aromatic carbocycles. The van der Waals surface area contributed by atoms with Crippen LogP contribution in [0.3, 0.4) is 0 Å².